The molecule has 0 unspecified atom stereocenters. The normalized spacial score (nSPS) is 11.0. The molecular weight excluding hydrogens is 270 g/mol. The zero-order valence-electron chi connectivity index (χ0n) is 9.41. The molecule has 3 aromatic rings. The summed E-state index contributed by atoms with van der Waals surface area (Å²) in [7, 11) is 1.82. The molecule has 0 bridgehead atoms. The van der Waals surface area contributed by atoms with Crippen LogP contribution in [0.4, 0.5) is 0 Å². The molecular formula is C11H8ClN5S. The minimum atomic E-state index is 0.489. The van der Waals surface area contributed by atoms with E-state index >= 15 is 0 Å². The van der Waals surface area contributed by atoms with Crippen molar-refractivity contribution < 1.29 is 0 Å². The van der Waals surface area contributed by atoms with Gasteiger partial charge in [0.2, 0.25) is 4.77 Å². The highest BCUT2D eigenvalue weighted by molar-refractivity contribution is 7.71. The fraction of sp³-hybridized carbons (Fsp3) is 0.0909. The van der Waals surface area contributed by atoms with E-state index in [-0.39, 0.29) is 0 Å². The molecule has 0 aliphatic rings. The standard InChI is InChI=1S/C11H8ClN5S/c1-16-6-13-10-14-9(15-17(10)11(16)18)7-2-4-8(12)5-3-7/h2-6H,1H3. The van der Waals surface area contributed by atoms with Gasteiger partial charge < -0.3 is 4.57 Å². The molecule has 0 saturated heterocycles. The molecule has 0 atom stereocenters. The highest BCUT2D eigenvalue weighted by Crippen LogP contribution is 2.18. The van der Waals surface area contributed by atoms with Gasteiger partial charge in [0.05, 0.1) is 0 Å². The highest BCUT2D eigenvalue weighted by atomic mass is 35.5. The molecule has 0 aliphatic carbocycles. The number of aromatic nitrogens is 5. The maximum atomic E-state index is 5.85. The van der Waals surface area contributed by atoms with E-state index in [2.05, 4.69) is 15.1 Å². The lowest BCUT2D eigenvalue weighted by Crippen LogP contribution is -2.02. The fourth-order valence-electron chi connectivity index (χ4n) is 1.57. The summed E-state index contributed by atoms with van der Waals surface area (Å²) < 4.78 is 3.80. The zero-order chi connectivity index (χ0) is 12.7. The van der Waals surface area contributed by atoms with Gasteiger partial charge in [-0.05, 0) is 36.5 Å². The fourth-order valence-corrected chi connectivity index (χ4v) is 1.87. The van der Waals surface area contributed by atoms with E-state index < -0.39 is 0 Å². The van der Waals surface area contributed by atoms with Gasteiger partial charge in [-0.15, -0.1) is 5.10 Å². The van der Waals surface area contributed by atoms with Crippen LogP contribution in [0.15, 0.2) is 30.6 Å². The quantitative estimate of drug-likeness (QED) is 0.641. The summed E-state index contributed by atoms with van der Waals surface area (Å²) in [4.78, 5) is 8.50. The van der Waals surface area contributed by atoms with E-state index in [1.54, 1.807) is 27.5 Å². The molecule has 2 aromatic heterocycles. The van der Waals surface area contributed by atoms with E-state index in [1.165, 1.54) is 0 Å². The van der Waals surface area contributed by atoms with Gasteiger partial charge in [-0.2, -0.15) is 9.50 Å². The van der Waals surface area contributed by atoms with Crippen LogP contribution < -0.4 is 0 Å². The van der Waals surface area contributed by atoms with Crippen molar-refractivity contribution in [3.63, 3.8) is 0 Å². The van der Waals surface area contributed by atoms with Gasteiger partial charge in [0.15, 0.2) is 5.82 Å². The Bertz CT molecular complexity index is 774. The van der Waals surface area contributed by atoms with Gasteiger partial charge in [0.25, 0.3) is 5.78 Å². The molecule has 18 heavy (non-hydrogen) atoms. The van der Waals surface area contributed by atoms with Crippen LogP contribution in [0.1, 0.15) is 0 Å². The lowest BCUT2D eigenvalue weighted by molar-refractivity contribution is 0.747. The van der Waals surface area contributed by atoms with Crippen molar-refractivity contribution in [3.8, 4) is 11.4 Å². The molecule has 0 saturated carbocycles. The number of aryl methyl sites for hydroxylation is 1. The van der Waals surface area contributed by atoms with Crippen LogP contribution in [0.2, 0.25) is 5.02 Å². The van der Waals surface area contributed by atoms with E-state index in [0.29, 0.717) is 21.4 Å². The Balaban J connectivity index is 2.22. The molecule has 0 aliphatic heterocycles. The first kappa shape index (κ1) is 11.3. The van der Waals surface area contributed by atoms with Crippen molar-refractivity contribution in [1.82, 2.24) is 24.1 Å². The number of fused-ring (bicyclic) bond motifs is 1. The number of rotatable bonds is 1. The largest absolute Gasteiger partial charge is 0.311 e. The van der Waals surface area contributed by atoms with Crippen LogP contribution in [-0.4, -0.2) is 24.1 Å². The molecule has 5 nitrogen and oxygen atoms in total. The minimum Gasteiger partial charge on any atom is -0.311 e. The van der Waals surface area contributed by atoms with Gasteiger partial charge in [-0.1, -0.05) is 11.6 Å². The van der Waals surface area contributed by atoms with Crippen molar-refractivity contribution in [1.29, 1.82) is 0 Å². The number of hydrogen-bond acceptors (Lipinski definition) is 4. The number of halogens is 1. The van der Waals surface area contributed by atoms with Crippen molar-refractivity contribution in [2.45, 2.75) is 0 Å². The third-order valence-corrected chi connectivity index (χ3v) is 3.23. The second kappa shape index (κ2) is 4.15. The maximum absolute atomic E-state index is 5.85. The predicted octanol–water partition coefficient (Wildman–Crippen LogP) is 2.51. The third-order valence-electron chi connectivity index (χ3n) is 2.52. The summed E-state index contributed by atoms with van der Waals surface area (Å²) >= 11 is 11.1. The Hall–Kier alpha value is -1.79. The average molecular weight is 278 g/mol. The van der Waals surface area contributed by atoms with Crippen molar-refractivity contribution in [2.75, 3.05) is 0 Å². The van der Waals surface area contributed by atoms with Crippen molar-refractivity contribution in [3.05, 3.63) is 40.4 Å². The van der Waals surface area contributed by atoms with Gasteiger partial charge >= 0.3 is 0 Å². The van der Waals surface area contributed by atoms with Crippen LogP contribution in [-0.2, 0) is 7.05 Å². The first-order chi connectivity index (χ1) is 8.65. The molecule has 3 rings (SSSR count). The molecule has 90 valence electrons. The summed E-state index contributed by atoms with van der Waals surface area (Å²) in [6, 6.07) is 7.32. The van der Waals surface area contributed by atoms with Crippen LogP contribution in [0.25, 0.3) is 17.2 Å². The monoisotopic (exact) mass is 277 g/mol. The molecule has 2 heterocycles. The van der Waals surface area contributed by atoms with Gasteiger partial charge in [-0.25, -0.2) is 4.98 Å². The molecule has 0 radical (unpaired) electrons. The molecule has 0 spiro atoms. The predicted molar refractivity (Wildman–Crippen MR) is 71.0 cm³/mol. The number of nitrogens with zero attached hydrogens (tertiary/aromatic N) is 5. The second-order valence-corrected chi connectivity index (χ2v) is 4.59. The Morgan fingerprint density at radius 3 is 2.67 bits per heavy atom. The lowest BCUT2D eigenvalue weighted by atomic mass is 10.2. The first-order valence-corrected chi connectivity index (χ1v) is 5.98. The van der Waals surface area contributed by atoms with E-state index in [1.807, 2.05) is 19.2 Å². The van der Waals surface area contributed by atoms with Crippen LogP contribution >= 0.6 is 23.8 Å². The maximum Gasteiger partial charge on any atom is 0.256 e. The highest BCUT2D eigenvalue weighted by Gasteiger charge is 2.08. The van der Waals surface area contributed by atoms with Gasteiger partial charge in [0, 0.05) is 17.6 Å². The summed E-state index contributed by atoms with van der Waals surface area (Å²) in [6.45, 7) is 0. The number of hydrogen-bond donors (Lipinski definition) is 0. The SMILES string of the molecule is Cn1cnc2nc(-c3ccc(Cl)cc3)nn2c1=S. The Kier molecular flexibility index (Phi) is 2.61. The van der Waals surface area contributed by atoms with Crippen molar-refractivity contribution in [2.24, 2.45) is 7.05 Å². The molecule has 7 heteroatoms. The molecule has 1 aromatic carbocycles. The number of benzene rings is 1. The topological polar surface area (TPSA) is 48.0 Å². The zero-order valence-corrected chi connectivity index (χ0v) is 11.0. The van der Waals surface area contributed by atoms with Crippen LogP contribution in [0.5, 0.6) is 0 Å². The molecule has 0 N–H and O–H groups in total. The summed E-state index contributed by atoms with van der Waals surface area (Å²) in [5.74, 6) is 1.07. The van der Waals surface area contributed by atoms with E-state index in [4.69, 9.17) is 23.8 Å². The summed E-state index contributed by atoms with van der Waals surface area (Å²) in [6.07, 6.45) is 1.62. The Morgan fingerprint density at radius 1 is 1.22 bits per heavy atom. The van der Waals surface area contributed by atoms with Crippen molar-refractivity contribution >= 4 is 29.6 Å². The first-order valence-electron chi connectivity index (χ1n) is 5.19. The van der Waals surface area contributed by atoms with Crippen LogP contribution in [0, 0.1) is 4.77 Å². The summed E-state index contributed by atoms with van der Waals surface area (Å²) in [5.41, 5.74) is 0.877. The van der Waals surface area contributed by atoms with Crippen LogP contribution in [0.3, 0.4) is 0 Å². The van der Waals surface area contributed by atoms with E-state index in [9.17, 15) is 0 Å². The average Bonchev–Trinajstić information content (AvgIpc) is 2.80. The Labute approximate surface area is 113 Å². The van der Waals surface area contributed by atoms with Gasteiger partial charge in [-0.3, -0.25) is 0 Å². The molecule has 0 amide bonds. The molecule has 0 fully saturated rings. The second-order valence-electron chi connectivity index (χ2n) is 3.79. The van der Waals surface area contributed by atoms with E-state index in [0.717, 1.165) is 5.56 Å². The minimum absolute atomic E-state index is 0.489. The summed E-state index contributed by atoms with van der Waals surface area (Å²) in [5, 5.41) is 5.02. The third kappa shape index (κ3) is 1.79. The Morgan fingerprint density at radius 2 is 1.94 bits per heavy atom. The smallest absolute Gasteiger partial charge is 0.256 e. The lowest BCUT2D eigenvalue weighted by Gasteiger charge is -1.96. The van der Waals surface area contributed by atoms with Gasteiger partial charge in [0.1, 0.15) is 6.33 Å².